The number of fused-ring (bicyclic) bond motifs is 5. The van der Waals surface area contributed by atoms with E-state index in [1.807, 2.05) is 55.1 Å². The van der Waals surface area contributed by atoms with Gasteiger partial charge in [0.15, 0.2) is 11.6 Å². The van der Waals surface area contributed by atoms with Gasteiger partial charge in [-0.3, -0.25) is 5.41 Å². The molecule has 49 heavy (non-hydrogen) atoms. The molecule has 1 unspecified atom stereocenters. The molecule has 3 N–H and O–H groups in total. The van der Waals surface area contributed by atoms with Crippen LogP contribution in [0.3, 0.4) is 0 Å². The highest BCUT2D eigenvalue weighted by Gasteiger charge is 2.34. The van der Waals surface area contributed by atoms with Gasteiger partial charge in [0.1, 0.15) is 23.2 Å². The second-order valence-corrected chi connectivity index (χ2v) is 14.8. The maximum atomic E-state index is 15.6. The summed E-state index contributed by atoms with van der Waals surface area (Å²) in [5.41, 5.74) is 3.06. The van der Waals surface area contributed by atoms with Crippen LogP contribution in [0.1, 0.15) is 68.7 Å². The summed E-state index contributed by atoms with van der Waals surface area (Å²) in [6, 6.07) is 15.4. The summed E-state index contributed by atoms with van der Waals surface area (Å²) in [4.78, 5) is 20.0. The zero-order valence-corrected chi connectivity index (χ0v) is 29.2. The second kappa shape index (κ2) is 14.2. The molecule has 1 aromatic heterocycles. The molecule has 10 heteroatoms. The largest absolute Gasteiger partial charge is 0.462 e. The van der Waals surface area contributed by atoms with Gasteiger partial charge in [-0.25, -0.2) is 18.6 Å². The molecule has 1 fully saturated rings. The molecule has 2 aliphatic rings. The minimum Gasteiger partial charge on any atom is -0.462 e. The molecule has 1 atom stereocenters. The highest BCUT2D eigenvalue weighted by molar-refractivity contribution is 7.99. The number of carbonyl (C=O) groups is 1. The number of aromatic nitrogens is 1. The average molecular weight is 685 g/mol. The van der Waals surface area contributed by atoms with Gasteiger partial charge in [0.05, 0.1) is 17.6 Å². The Morgan fingerprint density at radius 3 is 2.65 bits per heavy atom. The first-order valence-electron chi connectivity index (χ1n) is 16.7. The van der Waals surface area contributed by atoms with Crippen molar-refractivity contribution in [1.29, 1.82) is 5.41 Å². The van der Waals surface area contributed by atoms with Crippen LogP contribution in [-0.4, -0.2) is 47.8 Å². The van der Waals surface area contributed by atoms with Crippen LogP contribution in [0.25, 0.3) is 17.0 Å². The first-order valence-corrected chi connectivity index (χ1v) is 17.8. The van der Waals surface area contributed by atoms with E-state index in [4.69, 9.17) is 14.5 Å². The molecule has 0 amide bonds. The lowest BCUT2D eigenvalue weighted by molar-refractivity contribution is -0.134. The van der Waals surface area contributed by atoms with Crippen molar-refractivity contribution < 1.29 is 23.0 Å². The van der Waals surface area contributed by atoms with Crippen molar-refractivity contribution in [3.8, 4) is 11.5 Å². The summed E-state index contributed by atoms with van der Waals surface area (Å²) < 4.78 is 42.5. The van der Waals surface area contributed by atoms with E-state index < -0.39 is 17.0 Å². The number of cyclic esters (lactones) is 1. The van der Waals surface area contributed by atoms with Crippen LogP contribution >= 0.6 is 11.8 Å². The van der Waals surface area contributed by atoms with E-state index >= 15 is 8.78 Å². The van der Waals surface area contributed by atoms with Crippen molar-refractivity contribution in [2.24, 2.45) is 10.4 Å². The molecule has 3 aromatic carbocycles. The summed E-state index contributed by atoms with van der Waals surface area (Å²) in [7, 11) is 1.63. The minimum atomic E-state index is -0.837. The predicted octanol–water partition coefficient (Wildman–Crippen LogP) is 8.96. The Labute approximate surface area is 290 Å². The van der Waals surface area contributed by atoms with E-state index in [2.05, 4.69) is 24.1 Å². The highest BCUT2D eigenvalue weighted by Crippen LogP contribution is 2.39. The fourth-order valence-corrected chi connectivity index (χ4v) is 7.79. The van der Waals surface area contributed by atoms with Gasteiger partial charge in [0.2, 0.25) is 0 Å². The lowest BCUT2D eigenvalue weighted by atomic mass is 9.75. The van der Waals surface area contributed by atoms with Crippen molar-refractivity contribution in [2.45, 2.75) is 58.3 Å². The third kappa shape index (κ3) is 7.44. The summed E-state index contributed by atoms with van der Waals surface area (Å²) in [5, 5.41) is 13.3. The molecule has 2 aliphatic heterocycles. The van der Waals surface area contributed by atoms with Crippen molar-refractivity contribution >= 4 is 46.4 Å². The molecule has 1 saturated heterocycles. The number of aryl methyl sites for hydroxylation is 1. The quantitative estimate of drug-likeness (QED) is 0.145. The molecular formula is C39H42F2N4O3S. The van der Waals surface area contributed by atoms with Gasteiger partial charge in [-0.15, -0.1) is 0 Å². The molecular weight excluding hydrogens is 643 g/mol. The van der Waals surface area contributed by atoms with Crippen LogP contribution in [0.2, 0.25) is 0 Å². The number of hydrogen-bond acceptors (Lipinski definition) is 6. The first-order chi connectivity index (χ1) is 23.5. The van der Waals surface area contributed by atoms with E-state index in [0.29, 0.717) is 37.0 Å². The van der Waals surface area contributed by atoms with Crippen molar-refractivity contribution in [2.75, 3.05) is 25.2 Å². The monoisotopic (exact) mass is 684 g/mol. The Bertz CT molecular complexity index is 1970. The third-order valence-corrected chi connectivity index (χ3v) is 11.0. The van der Waals surface area contributed by atoms with E-state index in [9.17, 15) is 10.2 Å². The van der Waals surface area contributed by atoms with Crippen molar-refractivity contribution in [3.63, 3.8) is 0 Å². The number of amidine groups is 2. The van der Waals surface area contributed by atoms with Crippen LogP contribution in [0.15, 0.2) is 71.4 Å². The van der Waals surface area contributed by atoms with E-state index in [1.165, 1.54) is 24.3 Å². The zero-order chi connectivity index (χ0) is 34.8. The Morgan fingerprint density at radius 2 is 1.88 bits per heavy atom. The standard InChI is InChI=1S/C39H42F2N4O3S/c1-38(2)14-6-15-39(3,26-8-5-7-24(20-26)19-25-12-17-47-36(25)46)37(42)45-35(43-4)30-21-27(9-10-31(30)40)48-34-29(13-18-49-23-38)28-11-16-44-33(28)22-32(34)41/h5,7-11,16,19-22,44H,6,12-15,17-18,23H2,1-4H3,(H2,42,43,45)/b25-19+. The van der Waals surface area contributed by atoms with Crippen LogP contribution in [0.5, 0.6) is 11.5 Å². The fraction of sp³-hybridized carbons (Fsp3) is 0.359. The summed E-state index contributed by atoms with van der Waals surface area (Å²) in [6.07, 6.45) is 7.16. The van der Waals surface area contributed by atoms with Crippen LogP contribution in [0.4, 0.5) is 8.78 Å². The van der Waals surface area contributed by atoms with Gasteiger partial charge in [0, 0.05) is 47.8 Å². The van der Waals surface area contributed by atoms with Gasteiger partial charge in [-0.2, -0.15) is 11.8 Å². The molecule has 3 heterocycles. The van der Waals surface area contributed by atoms with E-state index in [-0.39, 0.29) is 40.1 Å². The Hall–Kier alpha value is -4.44. The van der Waals surface area contributed by atoms with Gasteiger partial charge in [0.25, 0.3) is 0 Å². The predicted molar refractivity (Wildman–Crippen MR) is 194 cm³/mol. The van der Waals surface area contributed by atoms with Crippen LogP contribution in [-0.2, 0) is 21.4 Å². The minimum absolute atomic E-state index is 0.00104. The Kier molecular flexibility index (Phi) is 9.97. The number of rotatable bonds is 2. The smallest absolute Gasteiger partial charge is 0.334 e. The molecule has 7 nitrogen and oxygen atoms in total. The number of esters is 1. The lowest BCUT2D eigenvalue weighted by Crippen LogP contribution is -2.34. The third-order valence-electron chi connectivity index (χ3n) is 9.51. The van der Waals surface area contributed by atoms with E-state index in [1.54, 1.807) is 13.2 Å². The maximum Gasteiger partial charge on any atom is 0.334 e. The summed E-state index contributed by atoms with van der Waals surface area (Å²) in [5.74, 6) is 0.913. The number of thioether (sulfide) groups is 1. The number of aliphatic imine (C=N–C) groups is 1. The summed E-state index contributed by atoms with van der Waals surface area (Å²) in [6.45, 7) is 6.88. The molecule has 6 rings (SSSR count). The SMILES string of the molecule is CN/C1=N\C(=N)C(C)(c2cccc(/C=C3\CCOC3=O)c2)CCCC(C)(C)CSCCc2c(c(F)cc3[nH]ccc23)Oc2ccc(F)c1c2. The lowest BCUT2D eigenvalue weighted by Gasteiger charge is -2.32. The number of benzene rings is 3. The Morgan fingerprint density at radius 1 is 1.04 bits per heavy atom. The van der Waals surface area contributed by atoms with Crippen molar-refractivity contribution in [1.82, 2.24) is 10.3 Å². The highest BCUT2D eigenvalue weighted by atomic mass is 32.2. The number of aromatic amines is 1. The van der Waals surface area contributed by atoms with Gasteiger partial charge < -0.3 is 19.8 Å². The number of hydrogen-bond donors (Lipinski definition) is 3. The number of nitrogens with zero attached hydrogens (tertiary/aromatic N) is 1. The molecule has 2 bridgehead atoms. The molecule has 0 saturated carbocycles. The normalized spacial score (nSPS) is 22.4. The number of H-pyrrole nitrogens is 1. The molecule has 0 aliphatic carbocycles. The molecule has 4 aromatic rings. The van der Waals surface area contributed by atoms with Crippen molar-refractivity contribution in [3.05, 3.63) is 100 Å². The second-order valence-electron chi connectivity index (χ2n) is 13.7. The Balaban J connectivity index is 1.43. The topological polar surface area (TPSA) is 99.6 Å². The molecule has 256 valence electrons. The van der Waals surface area contributed by atoms with Gasteiger partial charge >= 0.3 is 5.97 Å². The fourth-order valence-electron chi connectivity index (χ4n) is 6.60. The zero-order valence-electron chi connectivity index (χ0n) is 28.3. The first kappa shape index (κ1) is 34.4. The molecule has 0 radical (unpaired) electrons. The summed E-state index contributed by atoms with van der Waals surface area (Å²) >= 11 is 1.83. The van der Waals surface area contributed by atoms with Gasteiger partial charge in [-0.1, -0.05) is 44.5 Å². The maximum absolute atomic E-state index is 15.6. The number of carbonyl (C=O) groups excluding carboxylic acids is 1. The number of ether oxygens (including phenoxy) is 2. The molecule has 0 spiro atoms. The number of halogens is 2. The average Bonchev–Trinajstić information content (AvgIpc) is 3.71. The van der Waals surface area contributed by atoms with E-state index in [0.717, 1.165) is 46.4 Å². The number of nitrogens with one attached hydrogen (secondary N) is 3. The van der Waals surface area contributed by atoms with Gasteiger partial charge in [-0.05, 0) is 84.6 Å². The van der Waals surface area contributed by atoms with Crippen LogP contribution in [0, 0.1) is 22.5 Å². The van der Waals surface area contributed by atoms with Crippen LogP contribution < -0.4 is 10.1 Å².